The van der Waals surface area contributed by atoms with Gasteiger partial charge in [-0.2, -0.15) is 0 Å². The number of esters is 1. The molecule has 1 amide bonds. The van der Waals surface area contributed by atoms with Gasteiger partial charge in [-0.15, -0.1) is 0 Å². The minimum atomic E-state index is -0.552. The Morgan fingerprint density at radius 1 is 1.15 bits per heavy atom. The molecule has 0 fully saturated rings. The van der Waals surface area contributed by atoms with Gasteiger partial charge in [0.15, 0.2) is 0 Å². The van der Waals surface area contributed by atoms with Gasteiger partial charge in [0.05, 0.1) is 5.92 Å². The van der Waals surface area contributed by atoms with Crippen molar-refractivity contribution < 1.29 is 19.1 Å². The van der Waals surface area contributed by atoms with Gasteiger partial charge in [-0.05, 0) is 40.0 Å². The number of nitrogens with two attached hydrogens (primary N) is 1. The van der Waals surface area contributed by atoms with E-state index in [1.165, 1.54) is 6.92 Å². The van der Waals surface area contributed by atoms with Crippen LogP contribution in [0.4, 0.5) is 0 Å². The molecule has 0 bridgehead atoms. The molecule has 2 N–H and O–H groups in total. The van der Waals surface area contributed by atoms with E-state index in [2.05, 4.69) is 0 Å². The second kappa shape index (κ2) is 7.41. The number of primary amides is 1. The van der Waals surface area contributed by atoms with Crippen LogP contribution < -0.4 is 5.73 Å². The lowest BCUT2D eigenvalue weighted by atomic mass is 9.79. The van der Waals surface area contributed by atoms with E-state index in [-0.39, 0.29) is 30.0 Å². The van der Waals surface area contributed by atoms with Crippen molar-refractivity contribution in [2.24, 2.45) is 23.5 Å². The first-order chi connectivity index (χ1) is 8.95. The van der Waals surface area contributed by atoms with Crippen LogP contribution in [0.2, 0.25) is 0 Å². The zero-order valence-electron chi connectivity index (χ0n) is 13.4. The van der Waals surface area contributed by atoms with Crippen LogP contribution in [0.3, 0.4) is 0 Å². The summed E-state index contributed by atoms with van der Waals surface area (Å²) in [4.78, 5) is 34.6. The summed E-state index contributed by atoms with van der Waals surface area (Å²) in [7, 11) is 0. The predicted molar refractivity (Wildman–Crippen MR) is 76.8 cm³/mol. The highest BCUT2D eigenvalue weighted by molar-refractivity contribution is 5.81. The third kappa shape index (κ3) is 6.68. The molecule has 0 saturated heterocycles. The van der Waals surface area contributed by atoms with Crippen molar-refractivity contribution in [1.29, 1.82) is 0 Å². The van der Waals surface area contributed by atoms with Crippen LogP contribution >= 0.6 is 0 Å². The third-order valence-corrected chi connectivity index (χ3v) is 3.43. The van der Waals surface area contributed by atoms with E-state index < -0.39 is 17.4 Å². The smallest absolute Gasteiger partial charge is 0.309 e. The summed E-state index contributed by atoms with van der Waals surface area (Å²) in [6.07, 6.45) is 0.522. The van der Waals surface area contributed by atoms with Crippen LogP contribution in [-0.4, -0.2) is 23.3 Å². The van der Waals surface area contributed by atoms with E-state index in [0.29, 0.717) is 6.42 Å². The molecule has 5 nitrogen and oxygen atoms in total. The number of rotatable bonds is 7. The fourth-order valence-corrected chi connectivity index (χ4v) is 2.09. The zero-order chi connectivity index (χ0) is 16.1. The van der Waals surface area contributed by atoms with Crippen molar-refractivity contribution in [2.45, 2.75) is 60.0 Å². The highest BCUT2D eigenvalue weighted by atomic mass is 16.6. The average molecular weight is 285 g/mol. The Morgan fingerprint density at radius 2 is 1.65 bits per heavy atom. The van der Waals surface area contributed by atoms with Crippen LogP contribution in [0, 0.1) is 17.8 Å². The van der Waals surface area contributed by atoms with Gasteiger partial charge in [-0.3, -0.25) is 14.4 Å². The topological polar surface area (TPSA) is 86.5 Å². The number of hydrogen-bond acceptors (Lipinski definition) is 4. The molecule has 0 rings (SSSR count). The molecule has 0 aliphatic heterocycles. The summed E-state index contributed by atoms with van der Waals surface area (Å²) in [5, 5.41) is 0. The number of Topliss-reactive ketones (excluding diaryl/α,β-unsaturated/α-hetero) is 1. The van der Waals surface area contributed by atoms with Crippen LogP contribution in [0.1, 0.15) is 54.4 Å². The fourth-order valence-electron chi connectivity index (χ4n) is 2.09. The Labute approximate surface area is 121 Å². The van der Waals surface area contributed by atoms with Gasteiger partial charge >= 0.3 is 5.97 Å². The van der Waals surface area contributed by atoms with Crippen molar-refractivity contribution in [1.82, 2.24) is 0 Å². The Bertz CT molecular complexity index is 371. The molecule has 0 aliphatic rings. The quantitative estimate of drug-likeness (QED) is 0.725. The van der Waals surface area contributed by atoms with Crippen molar-refractivity contribution in [2.75, 3.05) is 0 Å². The molecule has 0 spiro atoms. The van der Waals surface area contributed by atoms with Crippen molar-refractivity contribution in [3.05, 3.63) is 0 Å². The lowest BCUT2D eigenvalue weighted by Crippen LogP contribution is -2.34. The van der Waals surface area contributed by atoms with Crippen LogP contribution in [-0.2, 0) is 19.1 Å². The Morgan fingerprint density at radius 3 is 2.00 bits per heavy atom. The summed E-state index contributed by atoms with van der Waals surface area (Å²) in [5.41, 5.74) is 4.57. The number of carbonyl (C=O) groups excluding carboxylic acids is 3. The van der Waals surface area contributed by atoms with Crippen LogP contribution in [0.25, 0.3) is 0 Å². The molecule has 0 aromatic heterocycles. The molecule has 0 heterocycles. The predicted octanol–water partition coefficient (Wildman–Crippen LogP) is 2.07. The Hall–Kier alpha value is -1.39. The second-order valence-electron chi connectivity index (χ2n) is 6.40. The Kier molecular flexibility index (Phi) is 6.89. The summed E-state index contributed by atoms with van der Waals surface area (Å²) in [5.74, 6) is -1.75. The minimum Gasteiger partial charge on any atom is -0.460 e. The number of ether oxygens (including phenoxy) is 1. The molecule has 3 unspecified atom stereocenters. The number of amides is 1. The SMILES string of the molecule is CC(=O)C(CCC(N)=O)C(C)C(C)C(=O)OC(C)(C)C. The summed E-state index contributed by atoms with van der Waals surface area (Å²) in [6, 6.07) is 0. The van der Waals surface area contributed by atoms with E-state index in [4.69, 9.17) is 10.5 Å². The van der Waals surface area contributed by atoms with Crippen molar-refractivity contribution >= 4 is 17.7 Å². The van der Waals surface area contributed by atoms with E-state index in [1.807, 2.05) is 6.92 Å². The van der Waals surface area contributed by atoms with E-state index >= 15 is 0 Å². The minimum absolute atomic E-state index is 0.0332. The molecule has 0 aromatic rings. The zero-order valence-corrected chi connectivity index (χ0v) is 13.4. The normalized spacial score (nSPS) is 16.1. The van der Waals surface area contributed by atoms with Gasteiger partial charge in [0.25, 0.3) is 0 Å². The highest BCUT2D eigenvalue weighted by Gasteiger charge is 2.32. The standard InChI is InChI=1S/C15H27NO4/c1-9(10(2)14(19)20-15(4,5)6)12(11(3)17)7-8-13(16)18/h9-10,12H,7-8H2,1-6H3,(H2,16,18). The monoisotopic (exact) mass is 285 g/mol. The molecule has 0 aliphatic carbocycles. The third-order valence-electron chi connectivity index (χ3n) is 3.43. The van der Waals surface area contributed by atoms with Gasteiger partial charge in [-0.1, -0.05) is 13.8 Å². The molecule has 0 radical (unpaired) electrons. The van der Waals surface area contributed by atoms with E-state index in [1.54, 1.807) is 27.7 Å². The van der Waals surface area contributed by atoms with Gasteiger partial charge in [0.1, 0.15) is 11.4 Å². The molecule has 0 saturated carbocycles. The molecule has 5 heteroatoms. The van der Waals surface area contributed by atoms with Crippen molar-refractivity contribution in [3.63, 3.8) is 0 Å². The molecular formula is C15H27NO4. The number of carbonyl (C=O) groups is 3. The molecule has 116 valence electrons. The maximum Gasteiger partial charge on any atom is 0.309 e. The molecular weight excluding hydrogens is 258 g/mol. The van der Waals surface area contributed by atoms with Crippen LogP contribution in [0.15, 0.2) is 0 Å². The maximum absolute atomic E-state index is 12.0. The molecule has 3 atom stereocenters. The number of ketones is 1. The molecule has 0 aromatic carbocycles. The maximum atomic E-state index is 12.0. The second-order valence-corrected chi connectivity index (χ2v) is 6.40. The first-order valence-electron chi connectivity index (χ1n) is 6.97. The fraction of sp³-hybridized carbons (Fsp3) is 0.800. The van der Waals surface area contributed by atoms with Crippen LogP contribution in [0.5, 0.6) is 0 Å². The Balaban J connectivity index is 4.79. The van der Waals surface area contributed by atoms with E-state index in [0.717, 1.165) is 0 Å². The first-order valence-corrected chi connectivity index (χ1v) is 6.97. The van der Waals surface area contributed by atoms with Gasteiger partial charge in [0.2, 0.25) is 5.91 Å². The summed E-state index contributed by atoms with van der Waals surface area (Å²) < 4.78 is 5.33. The largest absolute Gasteiger partial charge is 0.460 e. The van der Waals surface area contributed by atoms with Gasteiger partial charge in [-0.25, -0.2) is 0 Å². The highest BCUT2D eigenvalue weighted by Crippen LogP contribution is 2.27. The summed E-state index contributed by atoms with van der Waals surface area (Å²) in [6.45, 7) is 10.5. The summed E-state index contributed by atoms with van der Waals surface area (Å²) >= 11 is 0. The van der Waals surface area contributed by atoms with Crippen molar-refractivity contribution in [3.8, 4) is 0 Å². The van der Waals surface area contributed by atoms with Gasteiger partial charge in [0, 0.05) is 12.3 Å². The first kappa shape index (κ1) is 18.6. The van der Waals surface area contributed by atoms with Gasteiger partial charge < -0.3 is 10.5 Å². The number of hydrogen-bond donors (Lipinski definition) is 1. The van der Waals surface area contributed by atoms with E-state index in [9.17, 15) is 14.4 Å². The molecule has 20 heavy (non-hydrogen) atoms. The lowest BCUT2D eigenvalue weighted by Gasteiger charge is -2.28. The lowest BCUT2D eigenvalue weighted by molar-refractivity contribution is -0.162. The average Bonchev–Trinajstić information content (AvgIpc) is 2.24.